The van der Waals surface area contributed by atoms with Crippen LogP contribution in [0.4, 0.5) is 0 Å². The molecule has 3 atom stereocenters. The fourth-order valence-corrected chi connectivity index (χ4v) is 3.32. The molecular formula is C18H28N2O2. The number of nitrogens with one attached hydrogen (secondary N) is 2. The number of carbonyl (C=O) groups is 1. The quantitative estimate of drug-likeness (QED) is 0.757. The monoisotopic (exact) mass is 304 g/mol. The highest BCUT2D eigenvalue weighted by Crippen LogP contribution is 2.25. The number of aromatic hydroxyl groups is 1. The van der Waals surface area contributed by atoms with E-state index in [1.54, 1.807) is 19.2 Å². The smallest absolute Gasteiger partial charge is 0.224 e. The van der Waals surface area contributed by atoms with Crippen molar-refractivity contribution in [2.45, 2.75) is 57.5 Å². The molecule has 0 aliphatic heterocycles. The molecule has 3 N–H and O–H groups in total. The number of amides is 1. The van der Waals surface area contributed by atoms with Crippen LogP contribution in [-0.4, -0.2) is 30.1 Å². The Hall–Kier alpha value is -1.55. The summed E-state index contributed by atoms with van der Waals surface area (Å²) >= 11 is 0. The zero-order valence-corrected chi connectivity index (χ0v) is 13.6. The molecule has 1 aliphatic rings. The van der Waals surface area contributed by atoms with Crippen LogP contribution in [0, 0.1) is 5.92 Å². The van der Waals surface area contributed by atoms with Crippen molar-refractivity contribution in [3.8, 4) is 5.75 Å². The molecule has 0 saturated heterocycles. The summed E-state index contributed by atoms with van der Waals surface area (Å²) in [4.78, 5) is 12.0. The maximum absolute atomic E-state index is 12.0. The summed E-state index contributed by atoms with van der Waals surface area (Å²) in [6, 6.07) is 8.07. The highest BCUT2D eigenvalue weighted by Gasteiger charge is 2.30. The van der Waals surface area contributed by atoms with Crippen molar-refractivity contribution in [1.82, 2.24) is 10.6 Å². The number of aryl methyl sites for hydroxylation is 1. The van der Waals surface area contributed by atoms with Gasteiger partial charge in [0.15, 0.2) is 0 Å². The van der Waals surface area contributed by atoms with Gasteiger partial charge in [0.2, 0.25) is 5.91 Å². The van der Waals surface area contributed by atoms with E-state index in [0.29, 0.717) is 17.8 Å². The number of rotatable bonds is 6. The summed E-state index contributed by atoms with van der Waals surface area (Å²) < 4.78 is 0. The number of benzene rings is 1. The van der Waals surface area contributed by atoms with E-state index in [1.807, 2.05) is 12.1 Å². The molecule has 0 unspecified atom stereocenters. The zero-order valence-electron chi connectivity index (χ0n) is 13.6. The third-order valence-corrected chi connectivity index (χ3v) is 4.65. The predicted molar refractivity (Wildman–Crippen MR) is 88.8 cm³/mol. The highest BCUT2D eigenvalue weighted by molar-refractivity contribution is 5.79. The molecule has 0 heterocycles. The van der Waals surface area contributed by atoms with Crippen LogP contribution < -0.4 is 10.6 Å². The maximum Gasteiger partial charge on any atom is 0.224 e. The molecule has 0 spiro atoms. The first-order valence-corrected chi connectivity index (χ1v) is 8.35. The van der Waals surface area contributed by atoms with Crippen LogP contribution in [0.1, 0.15) is 44.6 Å². The molecule has 22 heavy (non-hydrogen) atoms. The van der Waals surface area contributed by atoms with E-state index in [0.717, 1.165) is 32.1 Å². The Labute approximate surface area is 133 Å². The van der Waals surface area contributed by atoms with E-state index in [1.165, 1.54) is 12.0 Å². The van der Waals surface area contributed by atoms with E-state index in [2.05, 4.69) is 17.6 Å². The van der Waals surface area contributed by atoms with Gasteiger partial charge in [-0.1, -0.05) is 25.0 Å². The first kappa shape index (κ1) is 16.8. The lowest BCUT2D eigenvalue weighted by Crippen LogP contribution is -2.48. The largest absolute Gasteiger partial charge is 0.508 e. The molecule has 1 aliphatic carbocycles. The third kappa shape index (κ3) is 4.73. The van der Waals surface area contributed by atoms with E-state index in [9.17, 15) is 9.90 Å². The zero-order chi connectivity index (χ0) is 15.9. The summed E-state index contributed by atoms with van der Waals surface area (Å²) in [5.74, 6) is 0.586. The lowest BCUT2D eigenvalue weighted by molar-refractivity contribution is -0.126. The Morgan fingerprint density at radius 2 is 1.95 bits per heavy atom. The topological polar surface area (TPSA) is 61.4 Å². The van der Waals surface area contributed by atoms with Crippen LogP contribution in [0.25, 0.3) is 0 Å². The van der Waals surface area contributed by atoms with Crippen LogP contribution in [0.15, 0.2) is 24.3 Å². The number of phenols is 1. The van der Waals surface area contributed by atoms with Gasteiger partial charge in [0.25, 0.3) is 0 Å². The van der Waals surface area contributed by atoms with Crippen molar-refractivity contribution >= 4 is 5.91 Å². The van der Waals surface area contributed by atoms with Gasteiger partial charge >= 0.3 is 0 Å². The molecule has 4 nitrogen and oxygen atoms in total. The molecule has 1 saturated carbocycles. The molecule has 122 valence electrons. The normalized spacial score (nSPS) is 23.0. The Balaban J connectivity index is 1.83. The molecule has 1 aromatic carbocycles. The predicted octanol–water partition coefficient (Wildman–Crippen LogP) is 2.61. The third-order valence-electron chi connectivity index (χ3n) is 4.65. The van der Waals surface area contributed by atoms with Crippen LogP contribution in [-0.2, 0) is 11.2 Å². The molecule has 0 aromatic heterocycles. The van der Waals surface area contributed by atoms with Gasteiger partial charge in [0, 0.05) is 19.1 Å². The Morgan fingerprint density at radius 1 is 1.27 bits per heavy atom. The average Bonchev–Trinajstić information content (AvgIpc) is 2.54. The molecule has 1 amide bonds. The van der Waals surface area contributed by atoms with E-state index >= 15 is 0 Å². The summed E-state index contributed by atoms with van der Waals surface area (Å²) in [6.45, 7) is 2.19. The first-order chi connectivity index (χ1) is 10.6. The van der Waals surface area contributed by atoms with Crippen molar-refractivity contribution in [1.29, 1.82) is 0 Å². The van der Waals surface area contributed by atoms with Crippen molar-refractivity contribution in [2.75, 3.05) is 7.05 Å². The molecule has 0 radical (unpaired) electrons. The molecule has 2 rings (SSSR count). The molecule has 1 fully saturated rings. The fraction of sp³-hybridized carbons (Fsp3) is 0.611. The lowest BCUT2D eigenvalue weighted by Gasteiger charge is -2.33. The van der Waals surface area contributed by atoms with Crippen LogP contribution in [0.5, 0.6) is 5.75 Å². The number of hydrogen-bond donors (Lipinski definition) is 3. The summed E-state index contributed by atoms with van der Waals surface area (Å²) in [5.41, 5.74) is 1.23. The summed E-state index contributed by atoms with van der Waals surface area (Å²) in [5, 5.41) is 15.8. The van der Waals surface area contributed by atoms with Gasteiger partial charge in [-0.3, -0.25) is 4.79 Å². The van der Waals surface area contributed by atoms with Crippen LogP contribution >= 0.6 is 0 Å². The lowest BCUT2D eigenvalue weighted by atomic mass is 9.83. The SMILES string of the molecule is CNC(=O)[C@@H]1CCCC[C@H]1N[C@@H](C)CCc1ccc(O)cc1. The van der Waals surface area contributed by atoms with Gasteiger partial charge in [-0.05, 0) is 50.3 Å². The minimum absolute atomic E-state index is 0.106. The number of hydrogen-bond acceptors (Lipinski definition) is 3. The standard InChI is InChI=1S/C18H28N2O2/c1-13(7-8-14-9-11-15(21)12-10-14)20-17-6-4-3-5-16(17)18(22)19-2/h9-13,16-17,20-21H,3-8H2,1-2H3,(H,19,22)/t13-,16+,17+/m0/s1. The van der Waals surface area contributed by atoms with Crippen LogP contribution in [0.3, 0.4) is 0 Å². The van der Waals surface area contributed by atoms with Crippen molar-refractivity contribution in [3.63, 3.8) is 0 Å². The minimum atomic E-state index is 0.106. The van der Waals surface area contributed by atoms with Gasteiger partial charge in [-0.25, -0.2) is 0 Å². The van der Waals surface area contributed by atoms with Gasteiger partial charge < -0.3 is 15.7 Å². The Kier molecular flexibility index (Phi) is 6.25. The Bertz CT molecular complexity index is 472. The maximum atomic E-state index is 12.0. The number of carbonyl (C=O) groups excluding carboxylic acids is 1. The summed E-state index contributed by atoms with van der Waals surface area (Å²) in [7, 11) is 1.72. The first-order valence-electron chi connectivity index (χ1n) is 8.35. The second-order valence-corrected chi connectivity index (χ2v) is 6.38. The molecular weight excluding hydrogens is 276 g/mol. The average molecular weight is 304 g/mol. The van der Waals surface area contributed by atoms with Gasteiger partial charge in [0.05, 0.1) is 5.92 Å². The Morgan fingerprint density at radius 3 is 2.64 bits per heavy atom. The van der Waals surface area contributed by atoms with Crippen LogP contribution in [0.2, 0.25) is 0 Å². The van der Waals surface area contributed by atoms with Crippen molar-refractivity contribution in [3.05, 3.63) is 29.8 Å². The fourth-order valence-electron chi connectivity index (χ4n) is 3.32. The van der Waals surface area contributed by atoms with Crippen molar-refractivity contribution < 1.29 is 9.90 Å². The highest BCUT2D eigenvalue weighted by atomic mass is 16.3. The van der Waals surface area contributed by atoms with E-state index < -0.39 is 0 Å². The molecule has 0 bridgehead atoms. The van der Waals surface area contributed by atoms with E-state index in [-0.39, 0.29) is 11.8 Å². The molecule has 1 aromatic rings. The van der Waals surface area contributed by atoms with Gasteiger partial charge in [0.1, 0.15) is 5.75 Å². The van der Waals surface area contributed by atoms with Gasteiger partial charge in [-0.15, -0.1) is 0 Å². The summed E-state index contributed by atoms with van der Waals surface area (Å²) in [6.07, 6.45) is 6.44. The molecule has 4 heteroatoms. The van der Waals surface area contributed by atoms with Crippen molar-refractivity contribution in [2.24, 2.45) is 5.92 Å². The van der Waals surface area contributed by atoms with E-state index in [4.69, 9.17) is 0 Å². The minimum Gasteiger partial charge on any atom is -0.508 e. The second-order valence-electron chi connectivity index (χ2n) is 6.38. The second kappa shape index (κ2) is 8.18. The number of phenolic OH excluding ortho intramolecular Hbond substituents is 1. The van der Waals surface area contributed by atoms with Gasteiger partial charge in [-0.2, -0.15) is 0 Å².